The molecule has 6 nitrogen and oxygen atoms in total. The molecule has 7 heteroatoms. The summed E-state index contributed by atoms with van der Waals surface area (Å²) in [4.78, 5) is 15.7. The Morgan fingerprint density at radius 1 is 1.03 bits per heavy atom. The lowest BCUT2D eigenvalue weighted by atomic mass is 9.89. The van der Waals surface area contributed by atoms with Crippen molar-refractivity contribution in [2.45, 2.75) is 56.4 Å². The van der Waals surface area contributed by atoms with E-state index in [9.17, 15) is 9.18 Å². The molecule has 1 amide bonds. The molecule has 2 aromatic carbocycles. The highest BCUT2D eigenvalue weighted by atomic mass is 19.1. The highest BCUT2D eigenvalue weighted by Crippen LogP contribution is 2.37. The number of halogens is 1. The minimum Gasteiger partial charge on any atom is -0.378 e. The van der Waals surface area contributed by atoms with Gasteiger partial charge in [0.05, 0.1) is 24.8 Å². The van der Waals surface area contributed by atoms with Gasteiger partial charge in [-0.2, -0.15) is 5.10 Å². The lowest BCUT2D eigenvalue weighted by Gasteiger charge is -2.48. The third kappa shape index (κ3) is 3.69. The minimum atomic E-state index is -0.213. The minimum absolute atomic E-state index is 0.0865. The van der Waals surface area contributed by atoms with Gasteiger partial charge in [-0.25, -0.2) is 4.39 Å². The van der Waals surface area contributed by atoms with Crippen LogP contribution in [0.1, 0.15) is 47.8 Å². The summed E-state index contributed by atoms with van der Waals surface area (Å²) in [6.45, 7) is 2.09. The number of rotatable bonds is 5. The van der Waals surface area contributed by atoms with Crippen LogP contribution in [0, 0.1) is 5.82 Å². The van der Waals surface area contributed by atoms with Gasteiger partial charge < -0.3 is 10.1 Å². The quantitative estimate of drug-likeness (QED) is 0.666. The van der Waals surface area contributed by atoms with Gasteiger partial charge in [-0.05, 0) is 49.4 Å². The molecule has 6 rings (SSSR count). The van der Waals surface area contributed by atoms with Crippen LogP contribution >= 0.6 is 0 Å². The van der Waals surface area contributed by atoms with Crippen molar-refractivity contribution in [1.29, 1.82) is 0 Å². The summed E-state index contributed by atoms with van der Waals surface area (Å²) >= 11 is 0. The Morgan fingerprint density at radius 3 is 2.47 bits per heavy atom. The van der Waals surface area contributed by atoms with Gasteiger partial charge in [-0.15, -0.1) is 0 Å². The van der Waals surface area contributed by atoms with E-state index in [2.05, 4.69) is 10.2 Å². The Kier molecular flexibility index (Phi) is 4.96. The fourth-order valence-corrected chi connectivity index (χ4v) is 5.27. The molecule has 2 bridgehead atoms. The molecule has 3 aromatic rings. The smallest absolute Gasteiger partial charge is 0.272 e. The van der Waals surface area contributed by atoms with Gasteiger partial charge in [0.25, 0.3) is 5.91 Å². The molecule has 2 atom stereocenters. The molecule has 166 valence electrons. The summed E-state index contributed by atoms with van der Waals surface area (Å²) < 4.78 is 21.1. The van der Waals surface area contributed by atoms with Crippen molar-refractivity contribution in [3.05, 3.63) is 65.6 Å². The maximum Gasteiger partial charge on any atom is 0.272 e. The van der Waals surface area contributed by atoms with Crippen LogP contribution in [-0.4, -0.2) is 51.9 Å². The van der Waals surface area contributed by atoms with Crippen LogP contribution in [-0.2, 0) is 11.3 Å². The van der Waals surface area contributed by atoms with Crippen molar-refractivity contribution in [2.24, 2.45) is 0 Å². The van der Waals surface area contributed by atoms with E-state index in [1.807, 2.05) is 41.1 Å². The zero-order valence-corrected chi connectivity index (χ0v) is 17.9. The molecular formula is C25H27FN4O2. The summed E-state index contributed by atoms with van der Waals surface area (Å²) in [6, 6.07) is 15.7. The first-order chi connectivity index (χ1) is 15.7. The predicted molar refractivity (Wildman–Crippen MR) is 119 cm³/mol. The number of carbonyl (C=O) groups excluding carboxylic acids is 1. The molecule has 0 spiro atoms. The monoisotopic (exact) mass is 434 g/mol. The van der Waals surface area contributed by atoms with E-state index in [0.29, 0.717) is 24.9 Å². The third-order valence-electron chi connectivity index (χ3n) is 7.01. The molecule has 1 aliphatic carbocycles. The molecule has 0 radical (unpaired) electrons. The van der Waals surface area contributed by atoms with Crippen LogP contribution in [0.2, 0.25) is 0 Å². The number of fused-ring (bicyclic) bond motifs is 3. The van der Waals surface area contributed by atoms with Crippen molar-refractivity contribution in [1.82, 2.24) is 20.0 Å². The van der Waals surface area contributed by atoms with Crippen molar-refractivity contribution >= 4 is 16.8 Å². The molecule has 2 aliphatic heterocycles. The van der Waals surface area contributed by atoms with Crippen molar-refractivity contribution < 1.29 is 13.9 Å². The molecule has 2 saturated heterocycles. The van der Waals surface area contributed by atoms with Crippen LogP contribution in [0.25, 0.3) is 10.9 Å². The zero-order valence-electron chi connectivity index (χ0n) is 17.9. The molecule has 3 fully saturated rings. The number of hydrogen-bond donors (Lipinski definition) is 1. The standard InChI is InChI=1S/C25H27FN4O2/c26-17-7-5-16(6-8-17)13-29-20-11-18(12-21(29)15-32-14-20)27-25(31)24-22-3-1-2-4-23(22)30(28-24)19-9-10-19/h1-8,18-21H,9-15H2,(H,27,31). The van der Waals surface area contributed by atoms with E-state index >= 15 is 0 Å². The third-order valence-corrected chi connectivity index (χ3v) is 7.01. The second-order valence-electron chi connectivity index (χ2n) is 9.33. The number of carbonyl (C=O) groups is 1. The van der Waals surface area contributed by atoms with Crippen LogP contribution < -0.4 is 5.32 Å². The maximum absolute atomic E-state index is 13.3. The Hall–Kier alpha value is -2.77. The first-order valence-corrected chi connectivity index (χ1v) is 11.5. The van der Waals surface area contributed by atoms with Gasteiger partial charge in [0.15, 0.2) is 5.69 Å². The first-order valence-electron chi connectivity index (χ1n) is 11.5. The second-order valence-corrected chi connectivity index (χ2v) is 9.33. The molecule has 1 aromatic heterocycles. The largest absolute Gasteiger partial charge is 0.378 e. The SMILES string of the molecule is O=C(NC1CC2COCC(C1)N2Cc1ccc(F)cc1)c1nn(C2CC2)c2ccccc12. The van der Waals surface area contributed by atoms with E-state index < -0.39 is 0 Å². The Bertz CT molecular complexity index is 1130. The fourth-order valence-electron chi connectivity index (χ4n) is 5.27. The number of morpholine rings is 1. The number of amides is 1. The van der Waals surface area contributed by atoms with E-state index in [-0.39, 0.29) is 29.8 Å². The maximum atomic E-state index is 13.3. The number of hydrogen-bond acceptors (Lipinski definition) is 4. The molecule has 2 unspecified atom stereocenters. The number of aromatic nitrogens is 2. The zero-order chi connectivity index (χ0) is 21.7. The Labute approximate surface area is 186 Å². The van der Waals surface area contributed by atoms with Gasteiger partial charge in [-0.1, -0.05) is 30.3 Å². The second kappa shape index (κ2) is 7.98. The van der Waals surface area contributed by atoms with Crippen molar-refractivity contribution in [2.75, 3.05) is 13.2 Å². The predicted octanol–water partition coefficient (Wildman–Crippen LogP) is 3.67. The van der Waals surface area contributed by atoms with E-state index in [1.165, 1.54) is 12.1 Å². The summed E-state index contributed by atoms with van der Waals surface area (Å²) in [7, 11) is 0. The lowest BCUT2D eigenvalue weighted by Crippen LogP contribution is -2.60. The average molecular weight is 435 g/mol. The number of piperidine rings is 1. The van der Waals surface area contributed by atoms with Gasteiger partial charge >= 0.3 is 0 Å². The van der Waals surface area contributed by atoms with Gasteiger partial charge in [0.2, 0.25) is 0 Å². The van der Waals surface area contributed by atoms with Crippen LogP contribution in [0.15, 0.2) is 48.5 Å². The summed E-state index contributed by atoms with van der Waals surface area (Å²) in [5, 5.41) is 8.90. The summed E-state index contributed by atoms with van der Waals surface area (Å²) in [5.41, 5.74) is 2.67. The molecular weight excluding hydrogens is 407 g/mol. The molecule has 1 saturated carbocycles. The van der Waals surface area contributed by atoms with Crippen LogP contribution in [0.4, 0.5) is 4.39 Å². The van der Waals surface area contributed by atoms with E-state index in [0.717, 1.165) is 48.7 Å². The number of para-hydroxylation sites is 1. The molecule has 1 N–H and O–H groups in total. The van der Waals surface area contributed by atoms with Crippen LogP contribution in [0.3, 0.4) is 0 Å². The molecule has 3 aliphatic rings. The topological polar surface area (TPSA) is 59.4 Å². The highest BCUT2D eigenvalue weighted by Gasteiger charge is 2.40. The first kappa shape index (κ1) is 19.9. The summed E-state index contributed by atoms with van der Waals surface area (Å²) in [5.74, 6) is -0.299. The number of nitrogens with one attached hydrogen (secondary N) is 1. The Morgan fingerprint density at radius 2 is 1.75 bits per heavy atom. The van der Waals surface area contributed by atoms with Crippen molar-refractivity contribution in [3.63, 3.8) is 0 Å². The Balaban J connectivity index is 1.18. The fraction of sp³-hybridized carbons (Fsp3) is 0.440. The molecule has 32 heavy (non-hydrogen) atoms. The van der Waals surface area contributed by atoms with E-state index in [1.54, 1.807) is 0 Å². The number of benzene rings is 2. The van der Waals surface area contributed by atoms with Crippen LogP contribution in [0.5, 0.6) is 0 Å². The number of ether oxygens (including phenoxy) is 1. The average Bonchev–Trinajstić information content (AvgIpc) is 3.55. The highest BCUT2D eigenvalue weighted by molar-refractivity contribution is 6.05. The normalized spacial score (nSPS) is 25.7. The van der Waals surface area contributed by atoms with E-state index in [4.69, 9.17) is 9.84 Å². The van der Waals surface area contributed by atoms with Gasteiger partial charge in [0, 0.05) is 30.1 Å². The van der Waals surface area contributed by atoms with Gasteiger partial charge in [-0.3, -0.25) is 14.4 Å². The van der Waals surface area contributed by atoms with Crippen molar-refractivity contribution in [3.8, 4) is 0 Å². The molecule has 3 heterocycles. The number of nitrogens with zero attached hydrogens (tertiary/aromatic N) is 3. The lowest BCUT2D eigenvalue weighted by molar-refractivity contribution is -0.0843. The summed E-state index contributed by atoms with van der Waals surface area (Å²) in [6.07, 6.45) is 3.93. The van der Waals surface area contributed by atoms with Gasteiger partial charge in [0.1, 0.15) is 5.82 Å².